The van der Waals surface area contributed by atoms with Crippen molar-refractivity contribution in [3.05, 3.63) is 65.5 Å². The number of anilines is 1. The summed E-state index contributed by atoms with van der Waals surface area (Å²) in [6, 6.07) is 13.0. The topological polar surface area (TPSA) is 70.2 Å². The quantitative estimate of drug-likeness (QED) is 0.684. The summed E-state index contributed by atoms with van der Waals surface area (Å²) in [6.07, 6.45) is 1.71. The molecule has 2 amide bonds. The van der Waals surface area contributed by atoms with E-state index in [0.29, 0.717) is 17.3 Å². The van der Waals surface area contributed by atoms with E-state index in [2.05, 4.69) is 22.9 Å². The van der Waals surface area contributed by atoms with Crippen LogP contribution in [0.15, 0.2) is 48.5 Å². The highest BCUT2D eigenvalue weighted by Gasteiger charge is 2.25. The Morgan fingerprint density at radius 3 is 2.38 bits per heavy atom. The van der Waals surface area contributed by atoms with Crippen LogP contribution in [-0.2, 0) is 4.79 Å². The first kappa shape index (κ1) is 22.8. The molecule has 2 aromatic carbocycles. The highest BCUT2D eigenvalue weighted by atomic mass is 35.5. The lowest BCUT2D eigenvalue weighted by Crippen LogP contribution is -2.42. The minimum atomic E-state index is -0.379. The smallest absolute Gasteiger partial charge is 0.255 e. The van der Waals surface area contributed by atoms with Gasteiger partial charge >= 0.3 is 0 Å². The maximum absolute atomic E-state index is 13.0. The van der Waals surface area contributed by atoms with Crippen molar-refractivity contribution in [3.63, 3.8) is 0 Å². The number of carbonyl (C=O) groups excluding carboxylic acids is 2. The van der Waals surface area contributed by atoms with Gasteiger partial charge in [-0.1, -0.05) is 12.1 Å². The van der Waals surface area contributed by atoms with Crippen LogP contribution in [0.2, 0.25) is 0 Å². The van der Waals surface area contributed by atoms with Crippen LogP contribution in [0, 0.1) is 11.7 Å². The molecule has 7 heteroatoms. The van der Waals surface area contributed by atoms with Gasteiger partial charge in [-0.3, -0.25) is 9.59 Å². The number of rotatable bonds is 5. The lowest BCUT2D eigenvalue weighted by atomic mass is 9.92. The Morgan fingerprint density at radius 1 is 1.10 bits per heavy atom. The van der Waals surface area contributed by atoms with Crippen molar-refractivity contribution in [2.75, 3.05) is 11.9 Å². The molecule has 156 valence electrons. The Balaban J connectivity index is 0.00000300. The predicted molar refractivity (Wildman–Crippen MR) is 115 cm³/mol. The molecule has 1 aliphatic heterocycles. The number of carbonyl (C=O) groups is 2. The highest BCUT2D eigenvalue weighted by Crippen LogP contribution is 2.20. The fourth-order valence-electron chi connectivity index (χ4n) is 3.44. The van der Waals surface area contributed by atoms with E-state index in [4.69, 9.17) is 0 Å². The average molecular weight is 420 g/mol. The van der Waals surface area contributed by atoms with Crippen LogP contribution in [0.4, 0.5) is 10.1 Å². The SMILES string of the molecule is CC(NC(=O)[C@H]1CCN[C@@H](C)C1)c1ccc(NC(=O)c2ccc(F)cc2)cc1.Cl. The Kier molecular flexibility index (Phi) is 8.17. The summed E-state index contributed by atoms with van der Waals surface area (Å²) >= 11 is 0. The van der Waals surface area contributed by atoms with Gasteiger partial charge < -0.3 is 16.0 Å². The first-order valence-corrected chi connectivity index (χ1v) is 9.63. The molecule has 1 heterocycles. The summed E-state index contributed by atoms with van der Waals surface area (Å²) in [5, 5.41) is 9.23. The Bertz CT molecular complexity index is 827. The van der Waals surface area contributed by atoms with Crippen LogP contribution in [0.25, 0.3) is 0 Å². The van der Waals surface area contributed by atoms with Crippen molar-refractivity contribution in [1.82, 2.24) is 10.6 Å². The first-order chi connectivity index (χ1) is 13.4. The monoisotopic (exact) mass is 419 g/mol. The van der Waals surface area contributed by atoms with E-state index in [1.807, 2.05) is 19.1 Å². The van der Waals surface area contributed by atoms with E-state index in [1.54, 1.807) is 12.1 Å². The normalized spacial score (nSPS) is 19.6. The van der Waals surface area contributed by atoms with Gasteiger partial charge in [0.05, 0.1) is 6.04 Å². The van der Waals surface area contributed by atoms with E-state index >= 15 is 0 Å². The second-order valence-electron chi connectivity index (χ2n) is 7.39. The van der Waals surface area contributed by atoms with Gasteiger partial charge in [-0.15, -0.1) is 12.4 Å². The van der Waals surface area contributed by atoms with Crippen LogP contribution < -0.4 is 16.0 Å². The van der Waals surface area contributed by atoms with Crippen LogP contribution in [0.3, 0.4) is 0 Å². The number of benzene rings is 2. The number of halogens is 2. The molecule has 1 fully saturated rings. The van der Waals surface area contributed by atoms with E-state index in [1.165, 1.54) is 24.3 Å². The van der Waals surface area contributed by atoms with Crippen molar-refractivity contribution >= 4 is 29.9 Å². The standard InChI is InChI=1S/C22H26FN3O2.ClH/c1-14-13-18(11-12-24-14)22(28)25-15(2)16-5-9-20(10-6-16)26-21(27)17-3-7-19(23)8-4-17;/h3-10,14-15,18,24H,11-13H2,1-2H3,(H,25,28)(H,26,27);1H/t14-,15?,18-;/m0./s1. The van der Waals surface area contributed by atoms with Gasteiger partial charge in [0.25, 0.3) is 5.91 Å². The molecule has 1 saturated heterocycles. The zero-order valence-corrected chi connectivity index (χ0v) is 17.4. The molecule has 0 aliphatic carbocycles. The molecular formula is C22H27ClFN3O2. The van der Waals surface area contributed by atoms with Gasteiger partial charge in [0.1, 0.15) is 5.82 Å². The zero-order chi connectivity index (χ0) is 20.1. The fraction of sp³-hybridized carbons (Fsp3) is 0.364. The minimum Gasteiger partial charge on any atom is -0.349 e. The molecule has 3 rings (SSSR count). The molecule has 3 N–H and O–H groups in total. The second-order valence-corrected chi connectivity index (χ2v) is 7.39. The van der Waals surface area contributed by atoms with Gasteiger partial charge in [-0.05, 0) is 75.2 Å². The maximum atomic E-state index is 13.0. The highest BCUT2D eigenvalue weighted by molar-refractivity contribution is 6.04. The largest absolute Gasteiger partial charge is 0.349 e. The summed E-state index contributed by atoms with van der Waals surface area (Å²) in [5.74, 6) is -0.535. The lowest BCUT2D eigenvalue weighted by Gasteiger charge is -2.28. The molecule has 29 heavy (non-hydrogen) atoms. The summed E-state index contributed by atoms with van der Waals surface area (Å²) in [6.45, 7) is 4.92. The van der Waals surface area contributed by atoms with E-state index in [-0.39, 0.29) is 42.0 Å². The molecule has 1 unspecified atom stereocenters. The molecular weight excluding hydrogens is 393 g/mol. The van der Waals surface area contributed by atoms with E-state index in [9.17, 15) is 14.0 Å². The maximum Gasteiger partial charge on any atom is 0.255 e. The van der Waals surface area contributed by atoms with E-state index < -0.39 is 0 Å². The minimum absolute atomic E-state index is 0. The van der Waals surface area contributed by atoms with Gasteiger partial charge in [-0.2, -0.15) is 0 Å². The summed E-state index contributed by atoms with van der Waals surface area (Å²) in [4.78, 5) is 24.7. The molecule has 3 atom stereocenters. The fourth-order valence-corrected chi connectivity index (χ4v) is 3.44. The van der Waals surface area contributed by atoms with Crippen LogP contribution in [0.5, 0.6) is 0 Å². The number of nitrogens with one attached hydrogen (secondary N) is 3. The molecule has 0 saturated carbocycles. The second kappa shape index (κ2) is 10.4. The van der Waals surface area contributed by atoms with Crippen molar-refractivity contribution in [3.8, 4) is 0 Å². The lowest BCUT2D eigenvalue weighted by molar-refractivity contribution is -0.126. The predicted octanol–water partition coefficient (Wildman–Crippen LogP) is 4.07. The van der Waals surface area contributed by atoms with Gasteiger partial charge in [-0.25, -0.2) is 4.39 Å². The third kappa shape index (κ3) is 6.27. The number of hydrogen-bond acceptors (Lipinski definition) is 3. The zero-order valence-electron chi connectivity index (χ0n) is 16.6. The Hall–Kier alpha value is -2.44. The van der Waals surface area contributed by atoms with Crippen LogP contribution in [0.1, 0.15) is 48.7 Å². The van der Waals surface area contributed by atoms with Gasteiger partial charge in [0.15, 0.2) is 0 Å². The Morgan fingerprint density at radius 2 is 1.76 bits per heavy atom. The molecule has 2 aromatic rings. The number of hydrogen-bond donors (Lipinski definition) is 3. The third-order valence-corrected chi connectivity index (χ3v) is 5.13. The molecule has 1 aliphatic rings. The van der Waals surface area contributed by atoms with Crippen molar-refractivity contribution in [2.45, 2.75) is 38.8 Å². The Labute approximate surface area is 176 Å². The summed E-state index contributed by atoms with van der Waals surface area (Å²) < 4.78 is 13.0. The number of amides is 2. The molecule has 5 nitrogen and oxygen atoms in total. The van der Waals surface area contributed by atoms with Gasteiger partial charge in [0, 0.05) is 23.2 Å². The number of piperidine rings is 1. The molecule has 0 aromatic heterocycles. The van der Waals surface area contributed by atoms with Crippen molar-refractivity contribution in [1.29, 1.82) is 0 Å². The van der Waals surface area contributed by atoms with E-state index in [0.717, 1.165) is 24.9 Å². The summed E-state index contributed by atoms with van der Waals surface area (Å²) in [5.41, 5.74) is 2.00. The summed E-state index contributed by atoms with van der Waals surface area (Å²) in [7, 11) is 0. The molecule has 0 spiro atoms. The average Bonchev–Trinajstić information content (AvgIpc) is 2.69. The van der Waals surface area contributed by atoms with Crippen LogP contribution in [-0.4, -0.2) is 24.4 Å². The molecule has 0 bridgehead atoms. The molecule has 0 radical (unpaired) electrons. The first-order valence-electron chi connectivity index (χ1n) is 9.63. The van der Waals surface area contributed by atoms with Crippen molar-refractivity contribution in [2.24, 2.45) is 5.92 Å². The third-order valence-electron chi connectivity index (χ3n) is 5.13. The van der Waals surface area contributed by atoms with Gasteiger partial charge in [0.2, 0.25) is 5.91 Å². The van der Waals surface area contributed by atoms with Crippen LogP contribution >= 0.6 is 12.4 Å². The van der Waals surface area contributed by atoms with Crippen molar-refractivity contribution < 1.29 is 14.0 Å².